The summed E-state index contributed by atoms with van der Waals surface area (Å²) < 4.78 is 15.6. The Bertz CT molecular complexity index is 753. The Morgan fingerprint density at radius 2 is 2.27 bits per heavy atom. The highest BCUT2D eigenvalue weighted by Crippen LogP contribution is 2.08. The second kappa shape index (κ2) is 6.98. The number of hydrogen-bond acceptors (Lipinski definition) is 4. The van der Waals surface area contributed by atoms with E-state index in [9.17, 15) is 14.0 Å². The van der Waals surface area contributed by atoms with Crippen molar-refractivity contribution in [3.05, 3.63) is 51.6 Å². The fraction of sp³-hybridized carbons (Fsp3) is 0.167. The smallest absolute Gasteiger partial charge is 0.404 e. The molecule has 116 valence electrons. The third-order valence-electron chi connectivity index (χ3n) is 2.70. The van der Waals surface area contributed by atoms with Crippen LogP contribution in [0.5, 0.6) is 0 Å². The lowest BCUT2D eigenvalue weighted by Crippen LogP contribution is -2.29. The molecule has 10 heteroatoms. The monoisotopic (exact) mass is 371 g/mol. The van der Waals surface area contributed by atoms with E-state index in [-0.39, 0.29) is 25.0 Å². The van der Waals surface area contributed by atoms with Crippen LogP contribution < -0.4 is 11.0 Å². The highest BCUT2D eigenvalue weighted by atomic mass is 79.9. The Hall–Kier alpha value is -2.49. The largest absolute Gasteiger partial charge is 0.465 e. The Balaban J connectivity index is 2.19. The van der Waals surface area contributed by atoms with Crippen molar-refractivity contribution in [3.8, 4) is 5.69 Å². The first-order valence-electron chi connectivity index (χ1n) is 6.02. The highest BCUT2D eigenvalue weighted by molar-refractivity contribution is 9.10. The van der Waals surface area contributed by atoms with E-state index in [1.165, 1.54) is 17.1 Å². The van der Waals surface area contributed by atoms with Gasteiger partial charge < -0.3 is 10.4 Å². The van der Waals surface area contributed by atoms with Gasteiger partial charge in [0.15, 0.2) is 0 Å². The molecule has 0 aliphatic carbocycles. The van der Waals surface area contributed by atoms with Crippen LogP contribution in [0.2, 0.25) is 0 Å². The van der Waals surface area contributed by atoms with Gasteiger partial charge in [0.25, 0.3) is 0 Å². The summed E-state index contributed by atoms with van der Waals surface area (Å²) in [5.74, 6) is 0. The molecule has 2 N–H and O–H groups in total. The molecule has 22 heavy (non-hydrogen) atoms. The van der Waals surface area contributed by atoms with Gasteiger partial charge in [-0.2, -0.15) is 5.10 Å². The molecule has 0 saturated heterocycles. The molecule has 0 saturated carbocycles. The van der Waals surface area contributed by atoms with Crippen LogP contribution in [0.1, 0.15) is 0 Å². The summed E-state index contributed by atoms with van der Waals surface area (Å²) in [6.07, 6.45) is 1.74. The molecule has 0 aliphatic rings. The van der Waals surface area contributed by atoms with E-state index < -0.39 is 11.8 Å². The first kappa shape index (κ1) is 15.9. The molecule has 0 bridgehead atoms. The van der Waals surface area contributed by atoms with Gasteiger partial charge in [-0.05, 0) is 33.6 Å². The van der Waals surface area contributed by atoms with Gasteiger partial charge in [-0.1, -0.05) is 0 Å². The van der Waals surface area contributed by atoms with E-state index >= 15 is 0 Å². The summed E-state index contributed by atoms with van der Waals surface area (Å²) in [4.78, 5) is 26.6. The van der Waals surface area contributed by atoms with Crippen molar-refractivity contribution in [2.45, 2.75) is 6.54 Å². The van der Waals surface area contributed by atoms with Crippen molar-refractivity contribution >= 4 is 22.0 Å². The van der Waals surface area contributed by atoms with Gasteiger partial charge in [-0.25, -0.2) is 28.2 Å². The third-order valence-corrected chi connectivity index (χ3v) is 3.17. The summed E-state index contributed by atoms with van der Waals surface area (Å²) in [7, 11) is 0. The van der Waals surface area contributed by atoms with E-state index in [2.05, 4.69) is 26.0 Å². The zero-order chi connectivity index (χ0) is 16.1. The van der Waals surface area contributed by atoms with Crippen LogP contribution >= 0.6 is 15.9 Å². The van der Waals surface area contributed by atoms with Crippen LogP contribution in [0.15, 0.2) is 46.0 Å². The number of nitrogens with one attached hydrogen (secondary N) is 1. The van der Waals surface area contributed by atoms with Gasteiger partial charge in [-0.3, -0.25) is 0 Å². The van der Waals surface area contributed by atoms with Gasteiger partial charge in [0.1, 0.15) is 10.9 Å². The van der Waals surface area contributed by atoms with Gasteiger partial charge >= 0.3 is 11.8 Å². The minimum Gasteiger partial charge on any atom is -0.465 e. The molecule has 0 aromatic carbocycles. The van der Waals surface area contributed by atoms with Gasteiger partial charge in [-0.15, -0.1) is 0 Å². The summed E-state index contributed by atoms with van der Waals surface area (Å²) in [5, 5.41) is 14.4. The number of nitrogens with zero attached hydrogens (tertiary/aromatic N) is 4. The van der Waals surface area contributed by atoms with Crippen LogP contribution in [0.4, 0.5) is 9.18 Å². The fourth-order valence-corrected chi connectivity index (χ4v) is 1.88. The maximum atomic E-state index is 12.7. The van der Waals surface area contributed by atoms with Gasteiger partial charge in [0.05, 0.1) is 24.8 Å². The molecular formula is C12H11BrFN5O3. The predicted octanol–water partition coefficient (Wildman–Crippen LogP) is 1.31. The molecule has 8 nitrogen and oxygen atoms in total. The average Bonchev–Trinajstić information content (AvgIpc) is 2.85. The highest BCUT2D eigenvalue weighted by Gasteiger charge is 2.10. The molecule has 2 aromatic rings. The van der Waals surface area contributed by atoms with Crippen molar-refractivity contribution in [2.75, 3.05) is 6.54 Å². The summed E-state index contributed by atoms with van der Waals surface area (Å²) in [6, 6.07) is 3.34. The zero-order valence-corrected chi connectivity index (χ0v) is 12.7. The van der Waals surface area contributed by atoms with Gasteiger partial charge in [0, 0.05) is 6.54 Å². The number of aromatic nitrogens is 4. The van der Waals surface area contributed by atoms with E-state index in [1.54, 1.807) is 12.1 Å². The molecule has 2 rings (SSSR count). The van der Waals surface area contributed by atoms with Crippen molar-refractivity contribution in [2.24, 2.45) is 0 Å². The minimum atomic E-state index is -1.28. The summed E-state index contributed by atoms with van der Waals surface area (Å²) in [6.45, 7) is -0.391. The van der Waals surface area contributed by atoms with Gasteiger partial charge in [0.2, 0.25) is 0 Å². The number of amides is 1. The Kier molecular flexibility index (Phi) is 5.04. The lowest BCUT2D eigenvalue weighted by molar-refractivity contribution is 0.195. The van der Waals surface area contributed by atoms with Crippen LogP contribution in [0.3, 0.4) is 0 Å². The third kappa shape index (κ3) is 3.79. The van der Waals surface area contributed by atoms with Crippen LogP contribution in [0, 0.1) is 0 Å². The minimum absolute atomic E-state index is 0.0729. The topological polar surface area (TPSA) is 102 Å². The maximum absolute atomic E-state index is 12.7. The van der Waals surface area contributed by atoms with Crippen LogP contribution in [-0.2, 0) is 6.54 Å². The molecule has 1 amide bonds. The number of halogens is 2. The number of rotatable bonds is 5. The molecule has 0 radical (unpaired) electrons. The van der Waals surface area contributed by atoms with E-state index in [0.717, 1.165) is 4.68 Å². The molecule has 2 aromatic heterocycles. The Labute approximate surface area is 132 Å². The summed E-state index contributed by atoms with van der Waals surface area (Å²) in [5.41, 5.74) is 0.0939. The molecular weight excluding hydrogens is 361 g/mol. The molecule has 0 unspecified atom stereocenters. The van der Waals surface area contributed by atoms with Crippen molar-refractivity contribution < 1.29 is 14.3 Å². The van der Waals surface area contributed by atoms with E-state index in [0.29, 0.717) is 10.3 Å². The predicted molar refractivity (Wildman–Crippen MR) is 78.5 cm³/mol. The lowest BCUT2D eigenvalue weighted by atomic mass is 10.3. The standard InChI is InChI=1S/C12H11BrFN5O3/c13-10-2-1-9(5-15-10)18-7-17-19(12(18)22)6-8(3-14)4-16-11(20)21/h1-3,5,7,16H,4,6H2,(H,20,21)/b8-3+. The SMILES string of the molecule is O=C(O)NC/C(=C\F)Cn1ncn(-c2ccc(Br)nc2)c1=O. The Morgan fingerprint density at radius 3 is 2.86 bits per heavy atom. The van der Waals surface area contributed by atoms with Crippen molar-refractivity contribution in [1.29, 1.82) is 0 Å². The first-order valence-corrected chi connectivity index (χ1v) is 6.82. The molecule has 0 atom stereocenters. The number of carbonyl (C=O) groups is 1. The lowest BCUT2D eigenvalue weighted by Gasteiger charge is -2.05. The number of hydrogen-bond donors (Lipinski definition) is 2. The maximum Gasteiger partial charge on any atom is 0.404 e. The van der Waals surface area contributed by atoms with Crippen LogP contribution in [0.25, 0.3) is 5.69 Å². The molecule has 0 aliphatic heterocycles. The quantitative estimate of drug-likeness (QED) is 0.771. The molecule has 0 fully saturated rings. The first-order chi connectivity index (χ1) is 10.5. The normalized spacial score (nSPS) is 11.5. The molecule has 2 heterocycles. The Morgan fingerprint density at radius 1 is 1.50 bits per heavy atom. The summed E-state index contributed by atoms with van der Waals surface area (Å²) >= 11 is 3.19. The zero-order valence-electron chi connectivity index (χ0n) is 11.1. The number of carboxylic acid groups (broad SMARTS) is 1. The second-order valence-corrected chi connectivity index (χ2v) is 5.02. The van der Waals surface area contributed by atoms with Crippen molar-refractivity contribution in [1.82, 2.24) is 24.6 Å². The fourth-order valence-electron chi connectivity index (χ4n) is 1.64. The average molecular weight is 372 g/mol. The number of pyridine rings is 1. The van der Waals surface area contributed by atoms with E-state index in [1.807, 2.05) is 5.32 Å². The van der Waals surface area contributed by atoms with E-state index in [4.69, 9.17) is 5.11 Å². The molecule has 0 spiro atoms. The van der Waals surface area contributed by atoms with Crippen LogP contribution in [-0.4, -0.2) is 37.1 Å². The van der Waals surface area contributed by atoms with Crippen molar-refractivity contribution in [3.63, 3.8) is 0 Å². The second-order valence-electron chi connectivity index (χ2n) is 4.21.